The number of hydrogen-bond acceptors (Lipinski definition) is 0. The summed E-state index contributed by atoms with van der Waals surface area (Å²) in [6, 6.07) is 6.83. The Morgan fingerprint density at radius 1 is 1.38 bits per heavy atom. The molecule has 1 radical (unpaired) electrons. The molecule has 1 fully saturated rings. The Morgan fingerprint density at radius 3 is 2.54 bits per heavy atom. The predicted octanol–water partition coefficient (Wildman–Crippen LogP) is 3.81. The van der Waals surface area contributed by atoms with Crippen LogP contribution < -0.4 is 0 Å². The van der Waals surface area contributed by atoms with Crippen molar-refractivity contribution in [2.75, 3.05) is 0 Å². The van der Waals surface area contributed by atoms with Gasteiger partial charge in [-0.25, -0.2) is 0 Å². The molecule has 1 saturated carbocycles. The van der Waals surface area contributed by atoms with Gasteiger partial charge in [0.05, 0.1) is 0 Å². The van der Waals surface area contributed by atoms with E-state index in [0.717, 1.165) is 5.92 Å². The SMILES string of the molecule is [CH2]C(C)c1ccc(C2CC2)c(C)c1. The summed E-state index contributed by atoms with van der Waals surface area (Å²) in [5.41, 5.74) is 4.38. The fraction of sp³-hybridized carbons (Fsp3) is 0.462. The Balaban J connectivity index is 2.31. The molecule has 0 aliphatic heterocycles. The molecule has 0 bridgehead atoms. The number of hydrogen-bond donors (Lipinski definition) is 0. The summed E-state index contributed by atoms with van der Waals surface area (Å²) in [7, 11) is 0. The van der Waals surface area contributed by atoms with Crippen LogP contribution in [0.25, 0.3) is 0 Å². The maximum absolute atomic E-state index is 4.04. The highest BCUT2D eigenvalue weighted by molar-refractivity contribution is 5.37. The Kier molecular flexibility index (Phi) is 2.15. The van der Waals surface area contributed by atoms with Crippen molar-refractivity contribution in [1.29, 1.82) is 0 Å². The minimum atomic E-state index is 0.409. The highest BCUT2D eigenvalue weighted by atomic mass is 14.3. The molecule has 1 aliphatic rings. The zero-order valence-corrected chi connectivity index (χ0v) is 8.51. The maximum atomic E-state index is 4.04. The van der Waals surface area contributed by atoms with Gasteiger partial charge in [-0.15, -0.1) is 0 Å². The summed E-state index contributed by atoms with van der Waals surface area (Å²) < 4.78 is 0. The quantitative estimate of drug-likeness (QED) is 0.638. The van der Waals surface area contributed by atoms with Crippen LogP contribution in [0.5, 0.6) is 0 Å². The molecule has 0 amide bonds. The van der Waals surface area contributed by atoms with Crippen molar-refractivity contribution < 1.29 is 0 Å². The Labute approximate surface area is 81.0 Å². The first kappa shape index (κ1) is 8.80. The van der Waals surface area contributed by atoms with Gasteiger partial charge >= 0.3 is 0 Å². The predicted molar refractivity (Wildman–Crippen MR) is 56.9 cm³/mol. The molecule has 0 aromatic heterocycles. The number of rotatable bonds is 2. The molecule has 1 unspecified atom stereocenters. The third-order valence-electron chi connectivity index (χ3n) is 2.88. The first-order valence-electron chi connectivity index (χ1n) is 5.12. The van der Waals surface area contributed by atoms with E-state index in [4.69, 9.17) is 0 Å². The van der Waals surface area contributed by atoms with Crippen LogP contribution in [0, 0.1) is 13.8 Å². The lowest BCUT2D eigenvalue weighted by Gasteiger charge is -2.09. The van der Waals surface area contributed by atoms with Gasteiger partial charge in [0.25, 0.3) is 0 Å². The lowest BCUT2D eigenvalue weighted by Crippen LogP contribution is -1.92. The summed E-state index contributed by atoms with van der Waals surface area (Å²) >= 11 is 0. The smallest absolute Gasteiger partial charge is 0.0159 e. The Morgan fingerprint density at radius 2 is 2.08 bits per heavy atom. The fourth-order valence-corrected chi connectivity index (χ4v) is 1.86. The normalized spacial score (nSPS) is 16.6. The van der Waals surface area contributed by atoms with Crippen LogP contribution in [0.1, 0.15) is 48.3 Å². The van der Waals surface area contributed by atoms with Gasteiger partial charge in [-0.2, -0.15) is 0 Å². The lowest BCUT2D eigenvalue weighted by molar-refractivity contribution is 0.953. The highest BCUT2D eigenvalue weighted by Gasteiger charge is 2.24. The molecular weight excluding hydrogens is 156 g/mol. The monoisotopic (exact) mass is 173 g/mol. The molecular formula is C13H17. The molecule has 2 rings (SSSR count). The van der Waals surface area contributed by atoms with E-state index < -0.39 is 0 Å². The highest BCUT2D eigenvalue weighted by Crippen LogP contribution is 2.41. The fourth-order valence-electron chi connectivity index (χ4n) is 1.86. The van der Waals surface area contributed by atoms with E-state index in [1.807, 2.05) is 0 Å². The lowest BCUT2D eigenvalue weighted by atomic mass is 9.96. The van der Waals surface area contributed by atoms with E-state index in [2.05, 4.69) is 39.0 Å². The first-order valence-corrected chi connectivity index (χ1v) is 5.12. The topological polar surface area (TPSA) is 0 Å². The maximum Gasteiger partial charge on any atom is -0.0159 e. The third kappa shape index (κ3) is 1.77. The third-order valence-corrected chi connectivity index (χ3v) is 2.88. The van der Waals surface area contributed by atoms with Crippen LogP contribution in [0.2, 0.25) is 0 Å². The summed E-state index contributed by atoms with van der Waals surface area (Å²) in [6.07, 6.45) is 2.78. The Hall–Kier alpha value is -0.780. The van der Waals surface area contributed by atoms with Gasteiger partial charge in [0, 0.05) is 0 Å². The summed E-state index contributed by atoms with van der Waals surface area (Å²) in [5.74, 6) is 1.28. The minimum Gasteiger partial charge on any atom is -0.0585 e. The molecule has 0 heteroatoms. The Bertz CT molecular complexity index is 306. The van der Waals surface area contributed by atoms with Gasteiger partial charge in [-0.05, 0) is 55.2 Å². The van der Waals surface area contributed by atoms with E-state index in [9.17, 15) is 0 Å². The summed E-state index contributed by atoms with van der Waals surface area (Å²) in [4.78, 5) is 0. The van der Waals surface area contributed by atoms with Crippen LogP contribution in [0.15, 0.2) is 18.2 Å². The van der Waals surface area contributed by atoms with E-state index in [1.165, 1.54) is 24.0 Å². The minimum absolute atomic E-state index is 0.409. The van der Waals surface area contributed by atoms with Crippen LogP contribution in [-0.4, -0.2) is 0 Å². The van der Waals surface area contributed by atoms with Crippen molar-refractivity contribution in [2.24, 2.45) is 0 Å². The molecule has 0 heterocycles. The molecule has 69 valence electrons. The van der Waals surface area contributed by atoms with Gasteiger partial charge in [0.1, 0.15) is 0 Å². The van der Waals surface area contributed by atoms with Crippen molar-refractivity contribution >= 4 is 0 Å². The van der Waals surface area contributed by atoms with E-state index in [-0.39, 0.29) is 0 Å². The summed E-state index contributed by atoms with van der Waals surface area (Å²) in [5, 5.41) is 0. The number of aryl methyl sites for hydroxylation is 1. The van der Waals surface area contributed by atoms with Crippen molar-refractivity contribution in [3.8, 4) is 0 Å². The van der Waals surface area contributed by atoms with Crippen LogP contribution in [0.4, 0.5) is 0 Å². The zero-order chi connectivity index (χ0) is 9.42. The molecule has 1 aromatic rings. The molecule has 0 saturated heterocycles. The van der Waals surface area contributed by atoms with Gasteiger partial charge in [0.2, 0.25) is 0 Å². The molecule has 1 atom stereocenters. The molecule has 13 heavy (non-hydrogen) atoms. The standard InChI is InChI=1S/C13H17/c1-9(2)12-6-7-13(10(3)8-12)11-4-5-11/h6-9,11H,1,4-5H2,2-3H3. The second kappa shape index (κ2) is 3.17. The summed E-state index contributed by atoms with van der Waals surface area (Å²) in [6.45, 7) is 8.41. The molecule has 0 spiro atoms. The molecule has 0 nitrogen and oxygen atoms in total. The van der Waals surface area contributed by atoms with Crippen molar-refractivity contribution in [1.82, 2.24) is 0 Å². The van der Waals surface area contributed by atoms with Gasteiger partial charge in [-0.3, -0.25) is 0 Å². The van der Waals surface area contributed by atoms with E-state index in [0.29, 0.717) is 5.92 Å². The van der Waals surface area contributed by atoms with Crippen LogP contribution in [-0.2, 0) is 0 Å². The second-order valence-electron chi connectivity index (χ2n) is 4.29. The zero-order valence-electron chi connectivity index (χ0n) is 8.51. The molecule has 0 N–H and O–H groups in total. The molecule has 1 aliphatic carbocycles. The molecule has 1 aromatic carbocycles. The van der Waals surface area contributed by atoms with Crippen molar-refractivity contribution in [2.45, 2.75) is 38.5 Å². The first-order chi connectivity index (χ1) is 6.18. The van der Waals surface area contributed by atoms with Crippen molar-refractivity contribution in [3.63, 3.8) is 0 Å². The van der Waals surface area contributed by atoms with E-state index in [1.54, 1.807) is 5.56 Å². The van der Waals surface area contributed by atoms with Crippen LogP contribution in [0.3, 0.4) is 0 Å². The average Bonchev–Trinajstić information content (AvgIpc) is 2.87. The average molecular weight is 173 g/mol. The van der Waals surface area contributed by atoms with Crippen LogP contribution >= 0.6 is 0 Å². The largest absolute Gasteiger partial charge is 0.0585 e. The van der Waals surface area contributed by atoms with E-state index >= 15 is 0 Å². The van der Waals surface area contributed by atoms with Gasteiger partial charge in [-0.1, -0.05) is 25.1 Å². The number of benzene rings is 1. The van der Waals surface area contributed by atoms with Gasteiger partial charge in [0.15, 0.2) is 0 Å². The van der Waals surface area contributed by atoms with Gasteiger partial charge < -0.3 is 0 Å². The second-order valence-corrected chi connectivity index (χ2v) is 4.29. The van der Waals surface area contributed by atoms with Crippen molar-refractivity contribution in [3.05, 3.63) is 41.8 Å².